The van der Waals surface area contributed by atoms with Gasteiger partial charge >= 0.3 is 29.6 Å². The standard InChI is InChI=1S/C26H21Cl2N3O6S.Na/c1-3-37-16-9-10-19(27)21(13-16)29-26(33)18-12-15-6-4-5-7-17(15)23(24(18)32)31-30-20-11-8-14(2)22(28)25(20)38(34,35)36;/h4-13,32H,3H2,1-2H3,(H,29,33)(H,34,35,36);/q;+1/p-1. The smallest absolute Gasteiger partial charge is 0.870 e. The van der Waals surface area contributed by atoms with Gasteiger partial charge in [-0.3, -0.25) is 9.35 Å². The van der Waals surface area contributed by atoms with E-state index in [1.165, 1.54) is 24.3 Å². The largest absolute Gasteiger partial charge is 1.00 e. The minimum Gasteiger partial charge on any atom is -0.870 e. The molecule has 0 aliphatic heterocycles. The molecule has 196 valence electrons. The third-order valence-corrected chi connectivity index (χ3v) is 7.36. The van der Waals surface area contributed by atoms with Gasteiger partial charge in [0, 0.05) is 17.0 Å². The van der Waals surface area contributed by atoms with Crippen LogP contribution in [0.3, 0.4) is 0 Å². The Labute approximate surface area is 256 Å². The average molecular weight is 596 g/mol. The van der Waals surface area contributed by atoms with E-state index in [2.05, 4.69) is 15.5 Å². The number of amides is 1. The summed E-state index contributed by atoms with van der Waals surface area (Å²) in [4.78, 5) is 12.5. The first-order chi connectivity index (χ1) is 18.0. The third kappa shape index (κ3) is 6.72. The Balaban J connectivity index is 0.00000420. The molecule has 0 heterocycles. The van der Waals surface area contributed by atoms with Crippen LogP contribution in [0.15, 0.2) is 75.8 Å². The van der Waals surface area contributed by atoms with Crippen molar-refractivity contribution in [2.45, 2.75) is 18.7 Å². The van der Waals surface area contributed by atoms with Gasteiger partial charge in [-0.05, 0) is 49.1 Å². The van der Waals surface area contributed by atoms with Crippen LogP contribution in [0.1, 0.15) is 22.8 Å². The minimum atomic E-state index is -4.76. The number of anilines is 1. The molecule has 0 aliphatic rings. The van der Waals surface area contributed by atoms with Crippen molar-refractivity contribution in [2.24, 2.45) is 10.2 Å². The van der Waals surface area contributed by atoms with Gasteiger partial charge < -0.3 is 15.2 Å². The molecule has 0 fully saturated rings. The summed E-state index contributed by atoms with van der Waals surface area (Å²) < 4.78 is 39.1. The number of rotatable bonds is 7. The maximum Gasteiger partial charge on any atom is 1.00 e. The molecule has 4 aromatic rings. The predicted octanol–water partition coefficient (Wildman–Crippen LogP) is 3.85. The first-order valence-electron chi connectivity index (χ1n) is 11.2. The summed E-state index contributed by atoms with van der Waals surface area (Å²) in [5, 5.41) is 24.9. The van der Waals surface area contributed by atoms with E-state index in [1.807, 2.05) is 6.92 Å². The number of carbonyl (C=O) groups is 1. The van der Waals surface area contributed by atoms with Crippen LogP contribution in [0.4, 0.5) is 17.1 Å². The molecule has 13 heteroatoms. The van der Waals surface area contributed by atoms with Gasteiger partial charge in [-0.1, -0.05) is 59.3 Å². The summed E-state index contributed by atoms with van der Waals surface area (Å²) in [6.45, 7) is 3.77. The van der Waals surface area contributed by atoms with Crippen molar-refractivity contribution in [3.63, 3.8) is 0 Å². The summed E-state index contributed by atoms with van der Waals surface area (Å²) in [6.07, 6.45) is 0. The number of ether oxygens (including phenoxy) is 1. The van der Waals surface area contributed by atoms with Crippen molar-refractivity contribution in [3.05, 3.63) is 81.8 Å². The Kier molecular flexibility index (Phi) is 10.0. The van der Waals surface area contributed by atoms with Gasteiger partial charge in [-0.2, -0.15) is 13.5 Å². The summed E-state index contributed by atoms with van der Waals surface area (Å²) in [5.41, 5.74) is -0.0989. The molecular weight excluding hydrogens is 576 g/mol. The summed E-state index contributed by atoms with van der Waals surface area (Å²) in [5.74, 6) is -1.02. The van der Waals surface area contributed by atoms with Gasteiger partial charge in [0.25, 0.3) is 16.0 Å². The fraction of sp³-hybridized carbons (Fsp3) is 0.115. The molecule has 0 saturated carbocycles. The molecule has 0 atom stereocenters. The third-order valence-electron chi connectivity index (χ3n) is 5.50. The van der Waals surface area contributed by atoms with E-state index < -0.39 is 26.7 Å². The van der Waals surface area contributed by atoms with Gasteiger partial charge in [0.05, 0.1) is 28.0 Å². The molecule has 4 rings (SSSR count). The predicted molar refractivity (Wildman–Crippen MR) is 144 cm³/mol. The molecule has 1 amide bonds. The van der Waals surface area contributed by atoms with Gasteiger partial charge in [0.2, 0.25) is 0 Å². The van der Waals surface area contributed by atoms with Gasteiger partial charge in [0.15, 0.2) is 0 Å². The number of halogens is 2. The molecule has 0 saturated heterocycles. The first kappa shape index (κ1) is 30.8. The normalized spacial score (nSPS) is 11.4. The quantitative estimate of drug-likeness (QED) is 0.189. The first-order valence-corrected chi connectivity index (χ1v) is 13.4. The molecule has 0 aromatic heterocycles. The number of hydrogen-bond acceptors (Lipinski definition) is 7. The molecule has 0 bridgehead atoms. The van der Waals surface area contributed by atoms with Crippen molar-refractivity contribution < 1.29 is 57.2 Å². The Morgan fingerprint density at radius 3 is 2.49 bits per heavy atom. The van der Waals surface area contributed by atoms with Gasteiger partial charge in [-0.15, -0.1) is 5.11 Å². The number of fused-ring (bicyclic) bond motifs is 1. The monoisotopic (exact) mass is 595 g/mol. The van der Waals surface area contributed by atoms with Crippen LogP contribution in [0.2, 0.25) is 10.0 Å². The van der Waals surface area contributed by atoms with Crippen LogP contribution in [0.5, 0.6) is 11.5 Å². The molecule has 9 nitrogen and oxygen atoms in total. The number of hydrogen-bond donors (Lipinski definition) is 2. The number of carbonyl (C=O) groups excluding carboxylic acids is 1. The second kappa shape index (κ2) is 12.6. The van der Waals surface area contributed by atoms with Crippen molar-refractivity contribution >= 4 is 67.1 Å². The van der Waals surface area contributed by atoms with Gasteiger partial charge in [-0.25, -0.2) is 0 Å². The Morgan fingerprint density at radius 2 is 1.79 bits per heavy atom. The van der Waals surface area contributed by atoms with Crippen molar-refractivity contribution in [2.75, 3.05) is 11.9 Å². The molecule has 2 N–H and O–H groups in total. The molecule has 39 heavy (non-hydrogen) atoms. The minimum absolute atomic E-state index is 0. The Bertz CT molecular complexity index is 1710. The number of aryl methyl sites for hydroxylation is 1. The van der Waals surface area contributed by atoms with E-state index in [9.17, 15) is 22.9 Å². The Hall–Kier alpha value is -2.70. The van der Waals surface area contributed by atoms with E-state index >= 15 is 0 Å². The fourth-order valence-corrected chi connectivity index (χ4v) is 5.07. The number of azo groups is 1. The molecule has 0 radical (unpaired) electrons. The van der Waals surface area contributed by atoms with E-state index in [1.54, 1.807) is 43.3 Å². The van der Waals surface area contributed by atoms with E-state index in [-0.39, 0.29) is 62.2 Å². The van der Waals surface area contributed by atoms with Crippen LogP contribution >= 0.6 is 23.2 Å². The Morgan fingerprint density at radius 1 is 1.08 bits per heavy atom. The number of benzene rings is 4. The zero-order chi connectivity index (χ0) is 27.6. The SMILES string of the molecule is CCOc1ccc(Cl)c(NC(=O)c2cc3ccccc3c(N=Nc3ccc(C)c(Cl)c3S(=O)(=O)O)c2[O-])c1.[Na+]. The second-order valence-corrected chi connectivity index (χ2v) is 10.2. The van der Waals surface area contributed by atoms with Crippen LogP contribution in [-0.2, 0) is 10.1 Å². The van der Waals surface area contributed by atoms with Crippen molar-refractivity contribution in [3.8, 4) is 11.5 Å². The maximum atomic E-state index is 13.4. The summed E-state index contributed by atoms with van der Waals surface area (Å²) >= 11 is 12.3. The van der Waals surface area contributed by atoms with Crippen LogP contribution < -0.4 is 44.7 Å². The van der Waals surface area contributed by atoms with Crippen molar-refractivity contribution in [1.82, 2.24) is 0 Å². The van der Waals surface area contributed by atoms with Crippen LogP contribution in [-0.4, -0.2) is 25.5 Å². The average Bonchev–Trinajstić information content (AvgIpc) is 2.86. The van der Waals surface area contributed by atoms with E-state index in [0.717, 1.165) is 0 Å². The number of nitrogens with one attached hydrogen (secondary N) is 1. The topological polar surface area (TPSA) is 140 Å². The molecule has 4 aromatic carbocycles. The molecule has 0 unspecified atom stereocenters. The second-order valence-electron chi connectivity index (χ2n) is 8.07. The van der Waals surface area contributed by atoms with E-state index in [0.29, 0.717) is 28.7 Å². The van der Waals surface area contributed by atoms with Crippen LogP contribution in [0, 0.1) is 6.92 Å². The number of nitrogens with zero attached hydrogens (tertiary/aromatic N) is 2. The zero-order valence-electron chi connectivity index (χ0n) is 21.0. The van der Waals surface area contributed by atoms with Gasteiger partial charge in [0.1, 0.15) is 16.3 Å². The fourth-order valence-electron chi connectivity index (χ4n) is 3.70. The van der Waals surface area contributed by atoms with Crippen molar-refractivity contribution in [1.29, 1.82) is 0 Å². The zero-order valence-corrected chi connectivity index (χ0v) is 25.4. The summed E-state index contributed by atoms with van der Waals surface area (Å²) in [6, 6.07) is 15.6. The molecule has 0 aliphatic carbocycles. The summed E-state index contributed by atoms with van der Waals surface area (Å²) in [7, 11) is -4.76. The van der Waals surface area contributed by atoms with E-state index in [4.69, 9.17) is 27.9 Å². The molecule has 0 spiro atoms. The van der Waals surface area contributed by atoms with Crippen LogP contribution in [0.25, 0.3) is 10.8 Å². The molecular formula is C26H20Cl2N3NaO6S. The maximum absolute atomic E-state index is 13.4.